The van der Waals surface area contributed by atoms with Crippen molar-refractivity contribution in [1.82, 2.24) is 16.0 Å². The number of halogens is 1. The van der Waals surface area contributed by atoms with Gasteiger partial charge in [-0.3, -0.25) is 4.79 Å². The number of guanidine groups is 1. The zero-order chi connectivity index (χ0) is 18.8. The number of hydrogen-bond donors (Lipinski definition) is 3. The van der Waals surface area contributed by atoms with Crippen LogP contribution in [0.4, 0.5) is 0 Å². The highest BCUT2D eigenvalue weighted by molar-refractivity contribution is 14.0. The molecule has 0 bridgehead atoms. The average molecular weight is 502 g/mol. The standard InChI is InChI=1S/C19H26N4O2S.HI/c1-4-20-19(23-13-17-14(2)9-12-26-17)22-11-10-21-18(24)15-5-7-16(25-3)8-6-15;/h5-9,12H,4,10-11,13H2,1-3H3,(H,21,24)(H2,20,22,23);1H. The summed E-state index contributed by atoms with van der Waals surface area (Å²) in [5.41, 5.74) is 1.88. The van der Waals surface area contributed by atoms with Crippen molar-refractivity contribution in [2.24, 2.45) is 4.99 Å². The van der Waals surface area contributed by atoms with Gasteiger partial charge in [-0.25, -0.2) is 4.99 Å². The Morgan fingerprint density at radius 3 is 2.41 bits per heavy atom. The van der Waals surface area contributed by atoms with Crippen molar-refractivity contribution < 1.29 is 9.53 Å². The van der Waals surface area contributed by atoms with Gasteiger partial charge in [0.1, 0.15) is 5.75 Å². The molecule has 0 aliphatic heterocycles. The molecule has 0 unspecified atom stereocenters. The minimum atomic E-state index is -0.106. The lowest BCUT2D eigenvalue weighted by Gasteiger charge is -2.12. The predicted octanol–water partition coefficient (Wildman–Crippen LogP) is 3.17. The summed E-state index contributed by atoms with van der Waals surface area (Å²) in [6.45, 7) is 6.66. The Balaban J connectivity index is 0.00000364. The fraction of sp³-hybridized carbons (Fsp3) is 0.368. The van der Waals surface area contributed by atoms with Gasteiger partial charge in [-0.2, -0.15) is 0 Å². The van der Waals surface area contributed by atoms with Crippen LogP contribution in [0.15, 0.2) is 40.7 Å². The number of methoxy groups -OCH3 is 1. The number of ether oxygens (including phenoxy) is 1. The molecule has 0 fully saturated rings. The van der Waals surface area contributed by atoms with Crippen molar-refractivity contribution in [3.8, 4) is 5.75 Å². The number of aliphatic imine (C=N–C) groups is 1. The highest BCUT2D eigenvalue weighted by atomic mass is 127. The van der Waals surface area contributed by atoms with Gasteiger partial charge < -0.3 is 20.7 Å². The fourth-order valence-electron chi connectivity index (χ4n) is 2.26. The summed E-state index contributed by atoms with van der Waals surface area (Å²) in [4.78, 5) is 18.0. The van der Waals surface area contributed by atoms with Gasteiger partial charge in [-0.05, 0) is 55.1 Å². The molecule has 0 saturated heterocycles. The van der Waals surface area contributed by atoms with Crippen molar-refractivity contribution in [3.05, 3.63) is 51.7 Å². The normalized spacial score (nSPS) is 10.7. The zero-order valence-electron chi connectivity index (χ0n) is 15.9. The number of nitrogens with zero attached hydrogens (tertiary/aromatic N) is 1. The molecule has 6 nitrogen and oxygen atoms in total. The molecule has 0 aliphatic rings. The largest absolute Gasteiger partial charge is 0.497 e. The van der Waals surface area contributed by atoms with E-state index < -0.39 is 0 Å². The van der Waals surface area contributed by atoms with Gasteiger partial charge >= 0.3 is 0 Å². The maximum Gasteiger partial charge on any atom is 0.251 e. The van der Waals surface area contributed by atoms with Crippen LogP contribution in [-0.2, 0) is 6.54 Å². The molecule has 0 atom stereocenters. The topological polar surface area (TPSA) is 74.8 Å². The van der Waals surface area contributed by atoms with E-state index in [9.17, 15) is 4.79 Å². The average Bonchev–Trinajstić information content (AvgIpc) is 3.07. The number of hydrogen-bond acceptors (Lipinski definition) is 4. The van der Waals surface area contributed by atoms with E-state index in [1.54, 1.807) is 42.7 Å². The second kappa shape index (κ2) is 12.6. The first kappa shape index (κ1) is 23.2. The van der Waals surface area contributed by atoms with Gasteiger partial charge in [0, 0.05) is 30.1 Å². The third-order valence-electron chi connectivity index (χ3n) is 3.75. The van der Waals surface area contributed by atoms with Crippen molar-refractivity contribution in [2.75, 3.05) is 26.7 Å². The van der Waals surface area contributed by atoms with Crippen LogP contribution in [0.25, 0.3) is 0 Å². The van der Waals surface area contributed by atoms with Crippen LogP contribution in [0.1, 0.15) is 27.7 Å². The van der Waals surface area contributed by atoms with E-state index in [0.29, 0.717) is 25.2 Å². The first-order chi connectivity index (χ1) is 12.6. The minimum absolute atomic E-state index is 0. The molecule has 1 aromatic carbocycles. The number of amides is 1. The lowest BCUT2D eigenvalue weighted by molar-refractivity contribution is 0.0954. The van der Waals surface area contributed by atoms with Gasteiger partial charge in [0.15, 0.2) is 5.96 Å². The molecular weight excluding hydrogens is 475 g/mol. The molecule has 0 saturated carbocycles. The van der Waals surface area contributed by atoms with Gasteiger partial charge in [0.05, 0.1) is 13.7 Å². The van der Waals surface area contributed by atoms with E-state index in [-0.39, 0.29) is 29.9 Å². The maximum atomic E-state index is 12.1. The summed E-state index contributed by atoms with van der Waals surface area (Å²) >= 11 is 1.71. The molecule has 1 heterocycles. The Morgan fingerprint density at radius 2 is 1.81 bits per heavy atom. The third-order valence-corrected chi connectivity index (χ3v) is 4.76. The molecule has 27 heavy (non-hydrogen) atoms. The van der Waals surface area contributed by atoms with Gasteiger partial charge in [-0.1, -0.05) is 0 Å². The van der Waals surface area contributed by atoms with E-state index in [2.05, 4.69) is 39.3 Å². The predicted molar refractivity (Wildman–Crippen MR) is 123 cm³/mol. The number of carbonyl (C=O) groups excluding carboxylic acids is 1. The number of aryl methyl sites for hydroxylation is 1. The maximum absolute atomic E-state index is 12.1. The summed E-state index contributed by atoms with van der Waals surface area (Å²) in [5.74, 6) is 1.38. The number of thiophene rings is 1. The van der Waals surface area contributed by atoms with E-state index in [4.69, 9.17) is 4.74 Å². The second-order valence-electron chi connectivity index (χ2n) is 5.63. The SMILES string of the molecule is CCNC(=NCc1sccc1C)NCCNC(=O)c1ccc(OC)cc1.I. The summed E-state index contributed by atoms with van der Waals surface area (Å²) < 4.78 is 5.09. The van der Waals surface area contributed by atoms with Crippen molar-refractivity contribution >= 4 is 47.2 Å². The van der Waals surface area contributed by atoms with Crippen LogP contribution in [0.2, 0.25) is 0 Å². The Bertz CT molecular complexity index is 732. The molecule has 2 rings (SSSR count). The molecule has 0 radical (unpaired) electrons. The molecule has 0 spiro atoms. The summed E-state index contributed by atoms with van der Waals surface area (Å²) in [6, 6.07) is 9.14. The summed E-state index contributed by atoms with van der Waals surface area (Å²) in [7, 11) is 1.60. The van der Waals surface area contributed by atoms with Crippen molar-refractivity contribution in [1.29, 1.82) is 0 Å². The van der Waals surface area contributed by atoms with Gasteiger partial charge in [0.2, 0.25) is 0 Å². The molecular formula is C19H27IN4O2S. The monoisotopic (exact) mass is 502 g/mol. The van der Waals surface area contributed by atoms with Crippen LogP contribution in [0.5, 0.6) is 5.75 Å². The Hall–Kier alpha value is -1.81. The van der Waals surface area contributed by atoms with E-state index in [0.717, 1.165) is 18.3 Å². The van der Waals surface area contributed by atoms with E-state index in [1.807, 2.05) is 6.92 Å². The first-order valence-corrected chi connectivity index (χ1v) is 9.49. The Kier molecular flexibility index (Phi) is 10.8. The quantitative estimate of drug-likeness (QED) is 0.225. The fourth-order valence-corrected chi connectivity index (χ4v) is 3.09. The highest BCUT2D eigenvalue weighted by Gasteiger charge is 2.05. The molecule has 1 amide bonds. The molecule has 2 aromatic rings. The second-order valence-corrected chi connectivity index (χ2v) is 6.63. The zero-order valence-corrected chi connectivity index (χ0v) is 19.0. The molecule has 1 aromatic heterocycles. The number of benzene rings is 1. The smallest absolute Gasteiger partial charge is 0.251 e. The van der Waals surface area contributed by atoms with E-state index >= 15 is 0 Å². The van der Waals surface area contributed by atoms with Gasteiger partial charge in [0.25, 0.3) is 5.91 Å². The van der Waals surface area contributed by atoms with E-state index in [1.165, 1.54) is 10.4 Å². The van der Waals surface area contributed by atoms with Crippen LogP contribution in [0.3, 0.4) is 0 Å². The summed E-state index contributed by atoms with van der Waals surface area (Å²) in [5, 5.41) is 11.4. The lowest BCUT2D eigenvalue weighted by atomic mass is 10.2. The molecule has 3 N–H and O–H groups in total. The van der Waals surface area contributed by atoms with Crippen LogP contribution in [0, 0.1) is 6.92 Å². The van der Waals surface area contributed by atoms with Crippen LogP contribution >= 0.6 is 35.3 Å². The Morgan fingerprint density at radius 1 is 1.11 bits per heavy atom. The van der Waals surface area contributed by atoms with Crippen molar-refractivity contribution in [3.63, 3.8) is 0 Å². The van der Waals surface area contributed by atoms with Crippen LogP contribution < -0.4 is 20.7 Å². The van der Waals surface area contributed by atoms with Gasteiger partial charge in [-0.15, -0.1) is 35.3 Å². The first-order valence-electron chi connectivity index (χ1n) is 8.61. The van der Waals surface area contributed by atoms with Crippen LogP contribution in [-0.4, -0.2) is 38.6 Å². The molecule has 0 aliphatic carbocycles. The highest BCUT2D eigenvalue weighted by Crippen LogP contribution is 2.16. The minimum Gasteiger partial charge on any atom is -0.497 e. The Labute approximate surface area is 181 Å². The number of nitrogens with one attached hydrogen (secondary N) is 3. The number of carbonyl (C=O) groups is 1. The summed E-state index contributed by atoms with van der Waals surface area (Å²) in [6.07, 6.45) is 0. The third kappa shape index (κ3) is 7.76. The lowest BCUT2D eigenvalue weighted by Crippen LogP contribution is -2.41. The number of rotatable bonds is 8. The van der Waals surface area contributed by atoms with Crippen molar-refractivity contribution in [2.45, 2.75) is 20.4 Å². The molecule has 8 heteroatoms. The molecule has 148 valence electrons.